The van der Waals surface area contributed by atoms with E-state index in [2.05, 4.69) is 62.5 Å². The maximum atomic E-state index is 4.89. The first-order chi connectivity index (χ1) is 12.3. The standard InChI is InChI=1S/C18H21N5OS/c1-22(18-20-19-17(25-18)16-9-11-24-21-16)15-8-5-10-23(13-15)12-14-6-3-2-4-7-14/h2-4,6-7,9,11,15H,5,8,10,12-13H2,1H3/t15-/m0/s1. The number of piperidine rings is 1. The van der Waals surface area contributed by atoms with Crippen molar-refractivity contribution in [3.8, 4) is 10.7 Å². The van der Waals surface area contributed by atoms with Crippen molar-refractivity contribution in [3.05, 3.63) is 48.2 Å². The van der Waals surface area contributed by atoms with E-state index in [1.54, 1.807) is 17.6 Å². The Hall–Kier alpha value is -2.25. The largest absolute Gasteiger partial charge is 0.364 e. The highest BCUT2D eigenvalue weighted by atomic mass is 32.1. The molecule has 0 N–H and O–H groups in total. The smallest absolute Gasteiger partial charge is 0.208 e. The van der Waals surface area contributed by atoms with Gasteiger partial charge in [0.15, 0.2) is 5.01 Å². The third-order valence-corrected chi connectivity index (χ3v) is 5.69. The lowest BCUT2D eigenvalue weighted by Gasteiger charge is -2.37. The lowest BCUT2D eigenvalue weighted by Crippen LogP contribution is -2.46. The minimum Gasteiger partial charge on any atom is -0.364 e. The van der Waals surface area contributed by atoms with Gasteiger partial charge in [0.2, 0.25) is 5.13 Å². The fourth-order valence-electron chi connectivity index (χ4n) is 3.27. The van der Waals surface area contributed by atoms with Gasteiger partial charge in [-0.15, -0.1) is 10.2 Å². The number of likely N-dealkylation sites (N-methyl/N-ethyl adjacent to an activating group) is 1. The van der Waals surface area contributed by atoms with E-state index in [4.69, 9.17) is 4.52 Å². The molecule has 2 aromatic heterocycles. The summed E-state index contributed by atoms with van der Waals surface area (Å²) in [5, 5.41) is 14.3. The van der Waals surface area contributed by atoms with Crippen LogP contribution >= 0.6 is 11.3 Å². The molecule has 7 heteroatoms. The summed E-state index contributed by atoms with van der Waals surface area (Å²) in [4.78, 5) is 4.79. The van der Waals surface area contributed by atoms with Crippen LogP contribution in [0.2, 0.25) is 0 Å². The molecule has 0 unspecified atom stereocenters. The van der Waals surface area contributed by atoms with Gasteiger partial charge in [-0.1, -0.05) is 46.8 Å². The summed E-state index contributed by atoms with van der Waals surface area (Å²) in [5.41, 5.74) is 2.11. The Bertz CT molecular complexity index is 789. The van der Waals surface area contributed by atoms with Crippen LogP contribution in [-0.2, 0) is 6.54 Å². The summed E-state index contributed by atoms with van der Waals surface area (Å²) in [6.45, 7) is 3.20. The number of anilines is 1. The Balaban J connectivity index is 1.42. The summed E-state index contributed by atoms with van der Waals surface area (Å²) in [5.74, 6) is 0. The van der Waals surface area contributed by atoms with Gasteiger partial charge < -0.3 is 9.42 Å². The van der Waals surface area contributed by atoms with E-state index in [0.717, 1.165) is 35.5 Å². The molecule has 4 rings (SSSR count). The average Bonchev–Trinajstić information content (AvgIpc) is 3.34. The van der Waals surface area contributed by atoms with Gasteiger partial charge in [0.25, 0.3) is 0 Å². The van der Waals surface area contributed by atoms with E-state index in [1.165, 1.54) is 18.4 Å². The predicted octanol–water partition coefficient (Wildman–Crippen LogP) is 3.29. The maximum absolute atomic E-state index is 4.89. The number of hydrogen-bond acceptors (Lipinski definition) is 7. The van der Waals surface area contributed by atoms with Crippen molar-refractivity contribution in [2.45, 2.75) is 25.4 Å². The average molecular weight is 355 g/mol. The lowest BCUT2D eigenvalue weighted by molar-refractivity contribution is 0.198. The second-order valence-electron chi connectivity index (χ2n) is 6.40. The number of nitrogens with zero attached hydrogens (tertiary/aromatic N) is 5. The van der Waals surface area contributed by atoms with Gasteiger partial charge in [0, 0.05) is 32.2 Å². The number of rotatable bonds is 5. The molecule has 1 aliphatic rings. The molecular formula is C18H21N5OS. The van der Waals surface area contributed by atoms with E-state index >= 15 is 0 Å². The van der Waals surface area contributed by atoms with Gasteiger partial charge in [-0.3, -0.25) is 4.90 Å². The summed E-state index contributed by atoms with van der Waals surface area (Å²) < 4.78 is 4.89. The Morgan fingerprint density at radius 2 is 2.12 bits per heavy atom. The van der Waals surface area contributed by atoms with Crippen LogP contribution in [-0.4, -0.2) is 46.4 Å². The molecule has 0 radical (unpaired) electrons. The van der Waals surface area contributed by atoms with E-state index in [9.17, 15) is 0 Å². The van der Waals surface area contributed by atoms with Gasteiger partial charge >= 0.3 is 0 Å². The molecule has 1 aliphatic heterocycles. The Morgan fingerprint density at radius 1 is 1.24 bits per heavy atom. The van der Waals surface area contributed by atoms with E-state index in [1.807, 2.05) is 6.07 Å². The fourth-order valence-corrected chi connectivity index (χ4v) is 4.11. The van der Waals surface area contributed by atoms with Gasteiger partial charge in [-0.2, -0.15) is 0 Å². The maximum Gasteiger partial charge on any atom is 0.208 e. The first-order valence-corrected chi connectivity index (χ1v) is 9.34. The zero-order valence-corrected chi connectivity index (χ0v) is 15.0. The second-order valence-corrected chi connectivity index (χ2v) is 7.36. The first kappa shape index (κ1) is 16.2. The van der Waals surface area contributed by atoms with Crippen LogP contribution in [0.25, 0.3) is 10.7 Å². The van der Waals surface area contributed by atoms with Crippen molar-refractivity contribution < 1.29 is 4.52 Å². The summed E-state index contributed by atoms with van der Waals surface area (Å²) in [7, 11) is 2.11. The van der Waals surface area contributed by atoms with Crippen LogP contribution < -0.4 is 4.90 Å². The molecule has 25 heavy (non-hydrogen) atoms. The Labute approximate surface area is 151 Å². The summed E-state index contributed by atoms with van der Waals surface area (Å²) in [6.07, 6.45) is 3.94. The number of hydrogen-bond donors (Lipinski definition) is 0. The molecule has 1 fully saturated rings. The highest BCUT2D eigenvalue weighted by molar-refractivity contribution is 7.18. The highest BCUT2D eigenvalue weighted by Gasteiger charge is 2.25. The van der Waals surface area contributed by atoms with Crippen LogP contribution in [0.4, 0.5) is 5.13 Å². The Kier molecular flexibility index (Phi) is 4.76. The zero-order valence-electron chi connectivity index (χ0n) is 14.2. The molecule has 3 heterocycles. The quantitative estimate of drug-likeness (QED) is 0.700. The van der Waals surface area contributed by atoms with Crippen molar-refractivity contribution in [2.24, 2.45) is 0 Å². The molecule has 1 atom stereocenters. The lowest BCUT2D eigenvalue weighted by atomic mass is 10.0. The van der Waals surface area contributed by atoms with Crippen molar-refractivity contribution in [3.63, 3.8) is 0 Å². The van der Waals surface area contributed by atoms with Gasteiger partial charge in [0.1, 0.15) is 12.0 Å². The van der Waals surface area contributed by atoms with Crippen molar-refractivity contribution in [1.29, 1.82) is 0 Å². The molecule has 0 amide bonds. The summed E-state index contributed by atoms with van der Waals surface area (Å²) >= 11 is 1.56. The van der Waals surface area contributed by atoms with Crippen LogP contribution in [0.1, 0.15) is 18.4 Å². The normalized spacial score (nSPS) is 18.4. The third-order valence-electron chi connectivity index (χ3n) is 4.65. The molecular weight excluding hydrogens is 334 g/mol. The number of likely N-dealkylation sites (tertiary alicyclic amines) is 1. The van der Waals surface area contributed by atoms with Crippen LogP contribution in [0, 0.1) is 0 Å². The van der Waals surface area contributed by atoms with Crippen LogP contribution in [0.15, 0.2) is 47.2 Å². The molecule has 0 spiro atoms. The third kappa shape index (κ3) is 3.72. The van der Waals surface area contributed by atoms with Crippen molar-refractivity contribution in [1.82, 2.24) is 20.3 Å². The van der Waals surface area contributed by atoms with E-state index in [-0.39, 0.29) is 0 Å². The molecule has 1 saturated heterocycles. The molecule has 0 bridgehead atoms. The zero-order chi connectivity index (χ0) is 17.1. The fraction of sp³-hybridized carbons (Fsp3) is 0.389. The van der Waals surface area contributed by atoms with Gasteiger partial charge in [-0.25, -0.2) is 0 Å². The van der Waals surface area contributed by atoms with Gasteiger partial charge in [-0.05, 0) is 24.9 Å². The van der Waals surface area contributed by atoms with Gasteiger partial charge in [0.05, 0.1) is 0 Å². The van der Waals surface area contributed by atoms with E-state index < -0.39 is 0 Å². The summed E-state index contributed by atoms with van der Waals surface area (Å²) in [6, 6.07) is 12.9. The monoisotopic (exact) mass is 355 g/mol. The van der Waals surface area contributed by atoms with Crippen molar-refractivity contribution >= 4 is 16.5 Å². The minimum atomic E-state index is 0.454. The molecule has 0 aliphatic carbocycles. The van der Waals surface area contributed by atoms with Crippen molar-refractivity contribution in [2.75, 3.05) is 25.0 Å². The molecule has 0 saturated carbocycles. The Morgan fingerprint density at radius 3 is 2.92 bits per heavy atom. The first-order valence-electron chi connectivity index (χ1n) is 8.53. The SMILES string of the molecule is CN(c1nnc(-c2ccon2)s1)[C@H]1CCCN(Cc2ccccc2)C1. The second kappa shape index (κ2) is 7.33. The van der Waals surface area contributed by atoms with Crippen LogP contribution in [0.5, 0.6) is 0 Å². The topological polar surface area (TPSA) is 58.3 Å². The molecule has 6 nitrogen and oxygen atoms in total. The minimum absolute atomic E-state index is 0.454. The van der Waals surface area contributed by atoms with Crippen LogP contribution in [0.3, 0.4) is 0 Å². The highest BCUT2D eigenvalue weighted by Crippen LogP contribution is 2.29. The molecule has 1 aromatic carbocycles. The number of benzene rings is 1. The van der Waals surface area contributed by atoms with E-state index in [0.29, 0.717) is 6.04 Å². The molecule has 3 aromatic rings. The molecule has 130 valence electrons. The number of aromatic nitrogens is 3. The predicted molar refractivity (Wildman–Crippen MR) is 98.6 cm³/mol.